The first-order valence-electron chi connectivity index (χ1n) is 5.61. The molecule has 0 atom stereocenters. The summed E-state index contributed by atoms with van der Waals surface area (Å²) in [5.74, 6) is -0.561. The number of carbonyl (C=O) groups excluding carboxylic acids is 1. The van der Waals surface area contributed by atoms with E-state index >= 15 is 0 Å². The molecule has 0 fully saturated rings. The van der Waals surface area contributed by atoms with Crippen molar-refractivity contribution < 1.29 is 9.18 Å². The van der Waals surface area contributed by atoms with E-state index in [9.17, 15) is 9.18 Å². The van der Waals surface area contributed by atoms with Crippen molar-refractivity contribution in [3.8, 4) is 0 Å². The van der Waals surface area contributed by atoms with Crippen molar-refractivity contribution in [1.82, 2.24) is 4.90 Å². The van der Waals surface area contributed by atoms with Crippen LogP contribution in [0.4, 0.5) is 4.39 Å². The van der Waals surface area contributed by atoms with Crippen LogP contribution >= 0.6 is 11.6 Å². The zero-order valence-electron chi connectivity index (χ0n) is 10.0. The van der Waals surface area contributed by atoms with Crippen molar-refractivity contribution in [3.63, 3.8) is 0 Å². The second kappa shape index (κ2) is 7.13. The van der Waals surface area contributed by atoms with Crippen molar-refractivity contribution in [1.29, 1.82) is 0 Å². The first-order chi connectivity index (χ1) is 8.60. The van der Waals surface area contributed by atoms with Gasteiger partial charge in [-0.3, -0.25) is 4.79 Å². The van der Waals surface area contributed by atoms with E-state index in [4.69, 9.17) is 17.3 Å². The summed E-state index contributed by atoms with van der Waals surface area (Å²) in [5, 5.41) is 0.310. The zero-order chi connectivity index (χ0) is 13.5. The smallest absolute Gasteiger partial charge is 0.224 e. The molecule has 1 aromatic rings. The topological polar surface area (TPSA) is 46.3 Å². The van der Waals surface area contributed by atoms with Gasteiger partial charge in [0, 0.05) is 30.1 Å². The Morgan fingerprint density at radius 3 is 2.83 bits per heavy atom. The number of carbonyl (C=O) groups is 1. The van der Waals surface area contributed by atoms with Gasteiger partial charge in [0.1, 0.15) is 5.82 Å². The Labute approximate surface area is 111 Å². The van der Waals surface area contributed by atoms with E-state index in [-0.39, 0.29) is 25.4 Å². The third kappa shape index (κ3) is 3.82. The summed E-state index contributed by atoms with van der Waals surface area (Å²) in [6.07, 6.45) is 1.81. The number of hydrogen-bond acceptors (Lipinski definition) is 2. The van der Waals surface area contributed by atoms with Gasteiger partial charge in [-0.1, -0.05) is 23.7 Å². The van der Waals surface area contributed by atoms with Crippen molar-refractivity contribution in [3.05, 3.63) is 47.3 Å². The standard InChI is InChI=1S/C13H16ClFN2O/c1-2-8-17(13(18)6-7-16)9-10-11(14)4-3-5-12(10)15/h2-5H,1,6-9,16H2. The molecule has 1 rings (SSSR count). The Kier molecular flexibility index (Phi) is 5.82. The highest BCUT2D eigenvalue weighted by Crippen LogP contribution is 2.21. The van der Waals surface area contributed by atoms with E-state index in [2.05, 4.69) is 6.58 Å². The van der Waals surface area contributed by atoms with Crippen LogP contribution in [0.15, 0.2) is 30.9 Å². The Hall–Kier alpha value is -1.39. The largest absolute Gasteiger partial charge is 0.334 e. The molecule has 18 heavy (non-hydrogen) atoms. The van der Waals surface area contributed by atoms with Crippen molar-refractivity contribution >= 4 is 17.5 Å². The molecule has 0 bridgehead atoms. The first kappa shape index (κ1) is 14.7. The van der Waals surface area contributed by atoms with Gasteiger partial charge >= 0.3 is 0 Å². The van der Waals surface area contributed by atoms with E-state index in [0.717, 1.165) is 0 Å². The van der Waals surface area contributed by atoms with Crippen LogP contribution < -0.4 is 5.73 Å². The second-order valence-electron chi connectivity index (χ2n) is 3.80. The Morgan fingerprint density at radius 1 is 1.56 bits per heavy atom. The summed E-state index contributed by atoms with van der Waals surface area (Å²) >= 11 is 5.93. The molecule has 0 aliphatic heterocycles. The second-order valence-corrected chi connectivity index (χ2v) is 4.21. The number of rotatable bonds is 6. The molecule has 0 spiro atoms. The minimum Gasteiger partial charge on any atom is -0.334 e. The lowest BCUT2D eigenvalue weighted by molar-refractivity contribution is -0.131. The molecule has 2 N–H and O–H groups in total. The maximum atomic E-state index is 13.6. The van der Waals surface area contributed by atoms with E-state index in [1.807, 2.05) is 0 Å². The number of benzene rings is 1. The van der Waals surface area contributed by atoms with Crippen molar-refractivity contribution in [2.75, 3.05) is 13.1 Å². The van der Waals surface area contributed by atoms with Crippen molar-refractivity contribution in [2.45, 2.75) is 13.0 Å². The summed E-state index contributed by atoms with van der Waals surface area (Å²) in [4.78, 5) is 13.3. The maximum Gasteiger partial charge on any atom is 0.224 e. The van der Waals surface area contributed by atoms with Crippen LogP contribution in [0.2, 0.25) is 5.02 Å². The normalized spacial score (nSPS) is 10.2. The summed E-state index contributed by atoms with van der Waals surface area (Å²) in [7, 11) is 0. The molecule has 0 aliphatic carbocycles. The predicted octanol–water partition coefficient (Wildman–Crippen LogP) is 2.34. The summed E-state index contributed by atoms with van der Waals surface area (Å²) in [6.45, 7) is 4.30. The Bertz CT molecular complexity index is 417. The van der Waals surface area contributed by atoms with Crippen molar-refractivity contribution in [2.24, 2.45) is 5.73 Å². The van der Waals surface area contributed by atoms with E-state index < -0.39 is 5.82 Å². The fourth-order valence-electron chi connectivity index (χ4n) is 1.57. The third-order valence-electron chi connectivity index (χ3n) is 2.47. The minimum absolute atomic E-state index is 0.121. The molecule has 0 radical (unpaired) electrons. The number of nitrogens with zero attached hydrogens (tertiary/aromatic N) is 1. The molecular formula is C13H16ClFN2O. The third-order valence-corrected chi connectivity index (χ3v) is 2.83. The van der Waals surface area contributed by atoms with Crippen LogP contribution in [-0.2, 0) is 11.3 Å². The fourth-order valence-corrected chi connectivity index (χ4v) is 1.79. The Balaban J connectivity index is 2.89. The highest BCUT2D eigenvalue weighted by atomic mass is 35.5. The van der Waals surface area contributed by atoms with Crippen LogP contribution in [-0.4, -0.2) is 23.9 Å². The van der Waals surface area contributed by atoms with Gasteiger partial charge in [-0.05, 0) is 12.1 Å². The Morgan fingerprint density at radius 2 is 2.28 bits per heavy atom. The minimum atomic E-state index is -0.419. The molecule has 0 saturated carbocycles. The van der Waals surface area contributed by atoms with Crippen LogP contribution in [0.5, 0.6) is 0 Å². The van der Waals surface area contributed by atoms with E-state index in [1.165, 1.54) is 17.0 Å². The maximum absolute atomic E-state index is 13.6. The summed E-state index contributed by atoms with van der Waals surface area (Å²) in [5.41, 5.74) is 5.65. The average molecular weight is 271 g/mol. The lowest BCUT2D eigenvalue weighted by Gasteiger charge is -2.21. The van der Waals surface area contributed by atoms with E-state index in [1.54, 1.807) is 12.1 Å². The lowest BCUT2D eigenvalue weighted by atomic mass is 10.2. The fraction of sp³-hybridized carbons (Fsp3) is 0.308. The molecule has 3 nitrogen and oxygen atoms in total. The molecule has 1 amide bonds. The SMILES string of the molecule is C=CCN(Cc1c(F)cccc1Cl)C(=O)CCN. The number of hydrogen-bond donors (Lipinski definition) is 1. The molecule has 0 aromatic heterocycles. The molecule has 1 aromatic carbocycles. The summed E-state index contributed by atoms with van der Waals surface area (Å²) in [6, 6.07) is 4.45. The van der Waals surface area contributed by atoms with Crippen LogP contribution in [0, 0.1) is 5.82 Å². The van der Waals surface area contributed by atoms with Crippen LogP contribution in [0.1, 0.15) is 12.0 Å². The highest BCUT2D eigenvalue weighted by molar-refractivity contribution is 6.31. The van der Waals surface area contributed by atoms with Gasteiger partial charge in [-0.2, -0.15) is 0 Å². The number of nitrogens with two attached hydrogens (primary N) is 1. The van der Waals surface area contributed by atoms with Gasteiger partial charge in [-0.25, -0.2) is 4.39 Å². The lowest BCUT2D eigenvalue weighted by Crippen LogP contribution is -2.32. The molecule has 5 heteroatoms. The predicted molar refractivity (Wildman–Crippen MR) is 70.7 cm³/mol. The van der Waals surface area contributed by atoms with Gasteiger partial charge in [0.2, 0.25) is 5.91 Å². The monoisotopic (exact) mass is 270 g/mol. The molecule has 0 aliphatic rings. The average Bonchev–Trinajstić information content (AvgIpc) is 2.33. The van der Waals surface area contributed by atoms with Gasteiger partial charge < -0.3 is 10.6 Å². The number of halogens is 2. The van der Waals surface area contributed by atoms with Crippen LogP contribution in [0.25, 0.3) is 0 Å². The van der Waals surface area contributed by atoms with Crippen LogP contribution in [0.3, 0.4) is 0 Å². The molecule has 0 unspecified atom stereocenters. The van der Waals surface area contributed by atoms with Gasteiger partial charge in [0.05, 0.1) is 6.54 Å². The number of amides is 1. The van der Waals surface area contributed by atoms with E-state index in [0.29, 0.717) is 17.1 Å². The molecule has 0 heterocycles. The van der Waals surface area contributed by atoms with Gasteiger partial charge in [-0.15, -0.1) is 6.58 Å². The molecule has 98 valence electrons. The quantitative estimate of drug-likeness (QED) is 0.807. The highest BCUT2D eigenvalue weighted by Gasteiger charge is 2.15. The summed E-state index contributed by atoms with van der Waals surface area (Å²) < 4.78 is 13.6. The van der Waals surface area contributed by atoms with Gasteiger partial charge in [0.25, 0.3) is 0 Å². The van der Waals surface area contributed by atoms with Gasteiger partial charge in [0.15, 0.2) is 0 Å². The zero-order valence-corrected chi connectivity index (χ0v) is 10.8. The molecular weight excluding hydrogens is 255 g/mol. The molecule has 0 saturated heterocycles. The first-order valence-corrected chi connectivity index (χ1v) is 5.99.